The number of para-hydroxylation sites is 1. The lowest BCUT2D eigenvalue weighted by Gasteiger charge is -2.20. The van der Waals surface area contributed by atoms with Crippen molar-refractivity contribution < 1.29 is 4.74 Å². The Balaban J connectivity index is 2.27. The molecule has 0 aliphatic carbocycles. The van der Waals surface area contributed by atoms with Gasteiger partial charge < -0.3 is 10.5 Å². The molecule has 0 heterocycles. The van der Waals surface area contributed by atoms with Crippen molar-refractivity contribution in [1.82, 2.24) is 0 Å². The number of ether oxygens (including phenoxy) is 1. The second-order valence-corrected chi connectivity index (χ2v) is 5.72. The summed E-state index contributed by atoms with van der Waals surface area (Å²) in [6, 6.07) is 16.0. The van der Waals surface area contributed by atoms with Gasteiger partial charge in [0.05, 0.1) is 0 Å². The molecule has 19 heavy (non-hydrogen) atoms. The molecule has 0 radical (unpaired) electrons. The number of hydrogen-bond donors (Lipinski definition) is 1. The van der Waals surface area contributed by atoms with E-state index < -0.39 is 0 Å². The minimum atomic E-state index is -0.149. The van der Waals surface area contributed by atoms with Gasteiger partial charge in [-0.25, -0.2) is 0 Å². The summed E-state index contributed by atoms with van der Waals surface area (Å²) in [5.74, 6) is 0.876. The molecular weight excluding hydrogens is 322 g/mol. The van der Waals surface area contributed by atoms with Gasteiger partial charge in [0.25, 0.3) is 0 Å². The van der Waals surface area contributed by atoms with Crippen molar-refractivity contribution in [3.63, 3.8) is 0 Å². The molecule has 2 nitrogen and oxygen atoms in total. The quantitative estimate of drug-likeness (QED) is 0.828. The number of thioether (sulfide) groups is 1. The van der Waals surface area contributed by atoms with Gasteiger partial charge in [0.15, 0.2) is 0 Å². The Kier molecular flexibility index (Phi) is 5.31. The zero-order valence-corrected chi connectivity index (χ0v) is 13.1. The van der Waals surface area contributed by atoms with Crippen LogP contribution >= 0.6 is 27.7 Å². The van der Waals surface area contributed by atoms with Gasteiger partial charge >= 0.3 is 0 Å². The first-order valence-corrected chi connectivity index (χ1v) is 8.02. The second-order valence-electron chi connectivity index (χ2n) is 4.01. The Labute approximate surface area is 126 Å². The molecule has 0 aliphatic heterocycles. The van der Waals surface area contributed by atoms with E-state index >= 15 is 0 Å². The predicted molar refractivity (Wildman–Crippen MR) is 84.8 cm³/mol. The molecule has 0 fully saturated rings. The standard InChI is InChI=1S/C15H16BrNOS/c1-19-15-9-5-4-8-13(15)18-14(10-17)11-6-2-3-7-12(11)16/h2-9,14H,10,17H2,1H3. The van der Waals surface area contributed by atoms with Crippen molar-refractivity contribution in [1.29, 1.82) is 0 Å². The van der Waals surface area contributed by atoms with Crippen LogP contribution in [0.2, 0.25) is 0 Å². The molecule has 2 rings (SSSR count). The number of rotatable bonds is 5. The average Bonchev–Trinajstić information content (AvgIpc) is 2.46. The van der Waals surface area contributed by atoms with Gasteiger partial charge in [-0.1, -0.05) is 46.3 Å². The average molecular weight is 338 g/mol. The lowest BCUT2D eigenvalue weighted by molar-refractivity contribution is 0.208. The Morgan fingerprint density at radius 3 is 2.53 bits per heavy atom. The summed E-state index contributed by atoms with van der Waals surface area (Å²) in [5, 5.41) is 0. The third-order valence-electron chi connectivity index (χ3n) is 2.80. The Morgan fingerprint density at radius 2 is 1.84 bits per heavy atom. The van der Waals surface area contributed by atoms with Crippen molar-refractivity contribution in [2.75, 3.05) is 12.8 Å². The molecule has 2 N–H and O–H groups in total. The molecule has 2 aromatic carbocycles. The molecule has 100 valence electrons. The van der Waals surface area contributed by atoms with Crippen LogP contribution in [0.3, 0.4) is 0 Å². The maximum absolute atomic E-state index is 6.08. The first kappa shape index (κ1) is 14.4. The van der Waals surface area contributed by atoms with Crippen molar-refractivity contribution >= 4 is 27.7 Å². The van der Waals surface area contributed by atoms with Crippen LogP contribution in [-0.2, 0) is 0 Å². The van der Waals surface area contributed by atoms with E-state index in [1.54, 1.807) is 11.8 Å². The van der Waals surface area contributed by atoms with Gasteiger partial charge in [-0.05, 0) is 24.5 Å². The first-order chi connectivity index (χ1) is 9.26. The summed E-state index contributed by atoms with van der Waals surface area (Å²) < 4.78 is 7.10. The van der Waals surface area contributed by atoms with Gasteiger partial charge in [0, 0.05) is 21.5 Å². The number of hydrogen-bond acceptors (Lipinski definition) is 3. The van der Waals surface area contributed by atoms with E-state index in [-0.39, 0.29) is 6.10 Å². The maximum Gasteiger partial charge on any atom is 0.137 e. The fourth-order valence-electron chi connectivity index (χ4n) is 1.84. The Bertz CT molecular complexity index is 547. The van der Waals surface area contributed by atoms with E-state index in [9.17, 15) is 0 Å². The van der Waals surface area contributed by atoms with Crippen molar-refractivity contribution in [2.45, 2.75) is 11.0 Å². The van der Waals surface area contributed by atoms with Gasteiger partial charge in [-0.2, -0.15) is 0 Å². The van der Waals surface area contributed by atoms with Crippen LogP contribution in [0.25, 0.3) is 0 Å². The van der Waals surface area contributed by atoms with Crippen LogP contribution in [0.4, 0.5) is 0 Å². The second kappa shape index (κ2) is 6.98. The molecule has 0 aliphatic rings. The normalized spacial score (nSPS) is 12.2. The van der Waals surface area contributed by atoms with Crippen LogP contribution in [0.15, 0.2) is 57.9 Å². The van der Waals surface area contributed by atoms with Gasteiger partial charge in [0.1, 0.15) is 11.9 Å². The number of benzene rings is 2. The summed E-state index contributed by atoms with van der Waals surface area (Å²) in [6.07, 6.45) is 1.89. The smallest absolute Gasteiger partial charge is 0.137 e. The molecule has 0 amide bonds. The zero-order chi connectivity index (χ0) is 13.7. The Morgan fingerprint density at radius 1 is 1.16 bits per heavy atom. The van der Waals surface area contributed by atoms with Gasteiger partial charge in [0.2, 0.25) is 0 Å². The molecule has 2 aromatic rings. The molecule has 0 aromatic heterocycles. The summed E-state index contributed by atoms with van der Waals surface area (Å²) >= 11 is 5.22. The van der Waals surface area contributed by atoms with Crippen LogP contribution in [0.1, 0.15) is 11.7 Å². The summed E-state index contributed by atoms with van der Waals surface area (Å²) in [5.41, 5.74) is 6.93. The molecule has 1 atom stereocenters. The first-order valence-electron chi connectivity index (χ1n) is 6.00. The fourth-order valence-corrected chi connectivity index (χ4v) is 2.92. The van der Waals surface area contributed by atoms with E-state index in [0.717, 1.165) is 20.7 Å². The molecule has 1 unspecified atom stereocenters. The molecule has 0 spiro atoms. The summed E-state index contributed by atoms with van der Waals surface area (Å²) in [7, 11) is 0. The molecule has 0 bridgehead atoms. The molecule has 0 saturated heterocycles. The van der Waals surface area contributed by atoms with E-state index in [1.807, 2.05) is 54.8 Å². The monoisotopic (exact) mass is 337 g/mol. The molecule has 0 saturated carbocycles. The third-order valence-corrected chi connectivity index (χ3v) is 4.30. The minimum Gasteiger partial charge on any atom is -0.483 e. The molecule has 4 heteroatoms. The number of halogens is 1. The highest BCUT2D eigenvalue weighted by Gasteiger charge is 2.15. The van der Waals surface area contributed by atoms with Crippen molar-refractivity contribution in [3.05, 3.63) is 58.6 Å². The fraction of sp³-hybridized carbons (Fsp3) is 0.200. The highest BCUT2D eigenvalue weighted by molar-refractivity contribution is 9.10. The van der Waals surface area contributed by atoms with Crippen molar-refractivity contribution in [3.8, 4) is 5.75 Å². The highest BCUT2D eigenvalue weighted by Crippen LogP contribution is 2.32. The van der Waals surface area contributed by atoms with Gasteiger partial charge in [-0.3, -0.25) is 0 Å². The highest BCUT2D eigenvalue weighted by atomic mass is 79.9. The SMILES string of the molecule is CSc1ccccc1OC(CN)c1ccccc1Br. The van der Waals surface area contributed by atoms with E-state index in [0.29, 0.717) is 6.54 Å². The minimum absolute atomic E-state index is 0.149. The number of nitrogens with two attached hydrogens (primary N) is 1. The lowest BCUT2D eigenvalue weighted by atomic mass is 10.1. The zero-order valence-electron chi connectivity index (χ0n) is 10.7. The van der Waals surface area contributed by atoms with Crippen LogP contribution in [-0.4, -0.2) is 12.8 Å². The molecular formula is C15H16BrNOS. The lowest BCUT2D eigenvalue weighted by Crippen LogP contribution is -2.19. The van der Waals surface area contributed by atoms with E-state index in [1.165, 1.54) is 0 Å². The van der Waals surface area contributed by atoms with E-state index in [2.05, 4.69) is 15.9 Å². The van der Waals surface area contributed by atoms with E-state index in [4.69, 9.17) is 10.5 Å². The van der Waals surface area contributed by atoms with Crippen LogP contribution in [0, 0.1) is 0 Å². The van der Waals surface area contributed by atoms with Crippen molar-refractivity contribution in [2.24, 2.45) is 5.73 Å². The topological polar surface area (TPSA) is 35.2 Å². The third kappa shape index (κ3) is 3.53. The Hall–Kier alpha value is -0.970. The maximum atomic E-state index is 6.08. The predicted octanol–water partition coefficient (Wildman–Crippen LogP) is 4.25. The van der Waals surface area contributed by atoms with Gasteiger partial charge in [-0.15, -0.1) is 11.8 Å². The van der Waals surface area contributed by atoms with Crippen LogP contribution < -0.4 is 10.5 Å². The largest absolute Gasteiger partial charge is 0.483 e. The summed E-state index contributed by atoms with van der Waals surface area (Å²) in [6.45, 7) is 0.436. The van der Waals surface area contributed by atoms with Crippen LogP contribution in [0.5, 0.6) is 5.75 Å². The summed E-state index contributed by atoms with van der Waals surface area (Å²) in [4.78, 5) is 1.12.